The Balaban J connectivity index is 1.60. The van der Waals surface area contributed by atoms with E-state index in [0.717, 1.165) is 34.4 Å². The van der Waals surface area contributed by atoms with Crippen molar-refractivity contribution in [3.8, 4) is 28.3 Å². The second kappa shape index (κ2) is 12.1. The highest BCUT2D eigenvalue weighted by Crippen LogP contribution is 2.40. The number of aryl methyl sites for hydroxylation is 2. The van der Waals surface area contributed by atoms with Crippen LogP contribution in [0.4, 0.5) is 10.2 Å². The van der Waals surface area contributed by atoms with Gasteiger partial charge >= 0.3 is 5.97 Å². The van der Waals surface area contributed by atoms with Crippen LogP contribution in [0.1, 0.15) is 56.9 Å². The van der Waals surface area contributed by atoms with Crippen molar-refractivity contribution in [2.75, 3.05) is 12.0 Å². The number of ether oxygens (including phenoxy) is 2. The maximum Gasteiger partial charge on any atom is 0.324 e. The fourth-order valence-corrected chi connectivity index (χ4v) is 5.40. The highest BCUT2D eigenvalue weighted by molar-refractivity contribution is 6.30. The molecule has 4 aromatic rings. The Kier molecular flexibility index (Phi) is 8.51. The molecule has 1 aliphatic rings. The Morgan fingerprint density at radius 2 is 2.10 bits per heavy atom. The number of esters is 1. The van der Waals surface area contributed by atoms with Gasteiger partial charge in [-0.15, -0.1) is 0 Å². The Morgan fingerprint density at radius 1 is 1.31 bits per heavy atom. The molecule has 10 nitrogen and oxygen atoms in total. The molecule has 3 atom stereocenters. The van der Waals surface area contributed by atoms with Crippen molar-refractivity contribution in [2.24, 2.45) is 18.7 Å². The summed E-state index contributed by atoms with van der Waals surface area (Å²) in [5.74, 6) is -0.187. The van der Waals surface area contributed by atoms with E-state index in [0.29, 0.717) is 40.9 Å². The molecule has 0 aliphatic carbocycles. The van der Waals surface area contributed by atoms with Crippen LogP contribution in [0, 0.1) is 11.7 Å². The van der Waals surface area contributed by atoms with E-state index in [1.54, 1.807) is 16.9 Å². The molecule has 2 unspecified atom stereocenters. The molecule has 0 saturated heterocycles. The van der Waals surface area contributed by atoms with Crippen LogP contribution in [0.15, 0.2) is 36.7 Å². The average molecular weight is 596 g/mol. The van der Waals surface area contributed by atoms with Crippen LogP contribution in [0.25, 0.3) is 22.5 Å². The quantitative estimate of drug-likeness (QED) is 0.212. The van der Waals surface area contributed by atoms with Crippen LogP contribution in [-0.2, 0) is 29.5 Å². The molecular formula is C30H35ClFN7O3. The van der Waals surface area contributed by atoms with E-state index < -0.39 is 23.9 Å². The largest absolute Gasteiger partial charge is 0.482 e. The summed E-state index contributed by atoms with van der Waals surface area (Å²) in [5.41, 5.74) is 11.4. The summed E-state index contributed by atoms with van der Waals surface area (Å²) in [4.78, 5) is 17.1. The normalized spacial score (nSPS) is 15.7. The predicted octanol–water partition coefficient (Wildman–Crippen LogP) is 5.49. The number of halogens is 2. The van der Waals surface area contributed by atoms with Crippen molar-refractivity contribution in [1.82, 2.24) is 24.5 Å². The number of fused-ring (bicyclic) bond motifs is 7. The van der Waals surface area contributed by atoms with Gasteiger partial charge in [-0.25, -0.2) is 9.37 Å². The number of nitrogens with zero attached hydrogens (tertiary/aromatic N) is 5. The first-order valence-electron chi connectivity index (χ1n) is 14.0. The summed E-state index contributed by atoms with van der Waals surface area (Å²) < 4.78 is 30.0. The van der Waals surface area contributed by atoms with Crippen LogP contribution in [0.5, 0.6) is 5.75 Å². The summed E-state index contributed by atoms with van der Waals surface area (Å²) in [7, 11) is 1.85. The first-order valence-corrected chi connectivity index (χ1v) is 14.4. The average Bonchev–Trinajstić information content (AvgIpc) is 3.50. The number of nitrogens with one attached hydrogen (secondary N) is 1. The monoisotopic (exact) mass is 595 g/mol. The number of hydrogen-bond acceptors (Lipinski definition) is 8. The van der Waals surface area contributed by atoms with Crippen LogP contribution in [-0.4, -0.2) is 43.3 Å². The second-order valence-electron chi connectivity index (χ2n) is 10.5. The number of rotatable bonds is 7. The molecule has 0 amide bonds. The lowest BCUT2D eigenvalue weighted by Crippen LogP contribution is -2.38. The smallest absolute Gasteiger partial charge is 0.324 e. The maximum absolute atomic E-state index is 14.6. The molecule has 12 heteroatoms. The van der Waals surface area contributed by atoms with Crippen LogP contribution < -0.4 is 15.8 Å². The topological polar surface area (TPSA) is 122 Å². The lowest BCUT2D eigenvalue weighted by molar-refractivity contribution is -0.145. The van der Waals surface area contributed by atoms with Gasteiger partial charge in [-0.2, -0.15) is 10.2 Å². The molecule has 42 heavy (non-hydrogen) atoms. The van der Waals surface area contributed by atoms with Crippen molar-refractivity contribution in [3.05, 3.63) is 64.3 Å². The van der Waals surface area contributed by atoms with Crippen LogP contribution in [0.2, 0.25) is 5.15 Å². The molecule has 4 heterocycles. The van der Waals surface area contributed by atoms with Crippen molar-refractivity contribution in [1.29, 1.82) is 0 Å². The van der Waals surface area contributed by atoms with Crippen molar-refractivity contribution in [3.63, 3.8) is 0 Å². The third-order valence-electron chi connectivity index (χ3n) is 7.69. The van der Waals surface area contributed by atoms with Gasteiger partial charge in [-0.3, -0.25) is 14.2 Å². The van der Waals surface area contributed by atoms with E-state index in [9.17, 15) is 9.18 Å². The zero-order valence-corrected chi connectivity index (χ0v) is 25.1. The van der Waals surface area contributed by atoms with E-state index in [1.165, 1.54) is 12.1 Å². The maximum atomic E-state index is 14.6. The number of hydrogen-bond donors (Lipinski definition) is 2. The standard InChI is InChI=1S/C30H35ClFN7O3/c1-6-16(3)25(33)30(40)41-15-35-29-24-11-18(13-34-29)27-23(28(31)37-39(27)7-2)10-19-14-38(5)36-26(19)21-9-8-20(32)12-22(21)17(4)42-24/h8-9,11-14,16-17,25H,6-7,10,15,33H2,1-5H3,(H,34,35)/t16?,17?,25-/m0/s1. The van der Waals surface area contributed by atoms with E-state index in [-0.39, 0.29) is 12.6 Å². The summed E-state index contributed by atoms with van der Waals surface area (Å²) >= 11 is 6.72. The Morgan fingerprint density at radius 3 is 2.83 bits per heavy atom. The van der Waals surface area contributed by atoms with E-state index in [4.69, 9.17) is 31.9 Å². The van der Waals surface area contributed by atoms with Gasteiger partial charge in [0.25, 0.3) is 0 Å². The zero-order chi connectivity index (χ0) is 30.1. The molecule has 2 bridgehead atoms. The molecule has 3 aromatic heterocycles. The molecule has 1 aromatic carbocycles. The summed E-state index contributed by atoms with van der Waals surface area (Å²) in [6.07, 6.45) is 4.24. The van der Waals surface area contributed by atoms with Gasteiger partial charge in [0.15, 0.2) is 23.5 Å². The van der Waals surface area contributed by atoms with Crippen molar-refractivity contribution < 1.29 is 18.7 Å². The molecule has 222 valence electrons. The minimum absolute atomic E-state index is 0.0160. The first-order chi connectivity index (χ1) is 20.1. The first kappa shape index (κ1) is 29.5. The number of carbonyl (C=O) groups is 1. The molecule has 5 rings (SSSR count). The van der Waals surface area contributed by atoms with E-state index >= 15 is 0 Å². The van der Waals surface area contributed by atoms with Crippen LogP contribution in [0.3, 0.4) is 0 Å². The predicted molar refractivity (Wildman–Crippen MR) is 159 cm³/mol. The molecular weight excluding hydrogens is 561 g/mol. The third kappa shape index (κ3) is 5.71. The molecule has 0 saturated carbocycles. The van der Waals surface area contributed by atoms with Gasteiger partial charge in [-0.05, 0) is 44.0 Å². The number of carbonyl (C=O) groups excluding carboxylic acids is 1. The van der Waals surface area contributed by atoms with Gasteiger partial charge in [0.1, 0.15) is 18.0 Å². The summed E-state index contributed by atoms with van der Waals surface area (Å²) in [5, 5.41) is 12.7. The zero-order valence-electron chi connectivity index (χ0n) is 24.3. The Labute approximate surface area is 249 Å². The summed E-state index contributed by atoms with van der Waals surface area (Å²) in [6.45, 7) is 8.11. The SMILES string of the molecule is CCC(C)[C@H](N)C(=O)OCNc1ncc2cc1OC(C)c1cc(F)ccc1-c1nn(C)cc1Cc1c(Cl)nn(CC)c1-2. The van der Waals surface area contributed by atoms with Gasteiger partial charge in [0.05, 0.1) is 11.4 Å². The fraction of sp³-hybridized carbons (Fsp3) is 0.400. The number of benzene rings is 1. The molecule has 0 fully saturated rings. The highest BCUT2D eigenvalue weighted by atomic mass is 35.5. The van der Waals surface area contributed by atoms with Gasteiger partial charge in [0, 0.05) is 60.2 Å². The highest BCUT2D eigenvalue weighted by Gasteiger charge is 2.27. The Hall–Kier alpha value is -3.96. The van der Waals surface area contributed by atoms with Crippen molar-refractivity contribution >= 4 is 23.4 Å². The molecule has 0 spiro atoms. The van der Waals surface area contributed by atoms with Gasteiger partial charge < -0.3 is 20.5 Å². The fourth-order valence-electron chi connectivity index (χ4n) is 5.16. The lowest BCUT2D eigenvalue weighted by atomic mass is 9.94. The second-order valence-corrected chi connectivity index (χ2v) is 10.9. The van der Waals surface area contributed by atoms with E-state index in [1.807, 2.05) is 51.7 Å². The lowest BCUT2D eigenvalue weighted by Gasteiger charge is -2.22. The number of aromatic nitrogens is 5. The van der Waals surface area contributed by atoms with E-state index in [2.05, 4.69) is 15.4 Å². The van der Waals surface area contributed by atoms with Crippen molar-refractivity contribution in [2.45, 2.75) is 59.2 Å². The number of anilines is 1. The molecule has 1 aliphatic heterocycles. The summed E-state index contributed by atoms with van der Waals surface area (Å²) in [6, 6.07) is 5.70. The minimum atomic E-state index is -0.728. The van der Waals surface area contributed by atoms with Crippen LogP contribution >= 0.6 is 11.6 Å². The Bertz CT molecular complexity index is 1620. The van der Waals surface area contributed by atoms with Gasteiger partial charge in [0.2, 0.25) is 0 Å². The molecule has 0 radical (unpaired) electrons. The minimum Gasteiger partial charge on any atom is -0.482 e. The molecule has 3 N–H and O–H groups in total. The van der Waals surface area contributed by atoms with Gasteiger partial charge in [-0.1, -0.05) is 31.9 Å². The number of nitrogens with two attached hydrogens (primary N) is 1. The number of pyridine rings is 1. The third-order valence-corrected chi connectivity index (χ3v) is 8.00.